The summed E-state index contributed by atoms with van der Waals surface area (Å²) in [7, 11) is 0. The highest BCUT2D eigenvalue weighted by Gasteiger charge is 2.11. The summed E-state index contributed by atoms with van der Waals surface area (Å²) >= 11 is 0. The minimum atomic E-state index is -0.181. The largest absolute Gasteiger partial charge is 0.313 e. The first-order chi connectivity index (χ1) is 11.3. The van der Waals surface area contributed by atoms with Crippen LogP contribution >= 0.6 is 0 Å². The molecular weight excluding hydrogens is 289 g/mol. The zero-order chi connectivity index (χ0) is 16.1. The molecule has 0 amide bonds. The summed E-state index contributed by atoms with van der Waals surface area (Å²) in [6, 6.07) is 15.4. The highest BCUT2D eigenvalue weighted by Crippen LogP contribution is 2.25. The molecular formula is C19H20FN3. The summed E-state index contributed by atoms with van der Waals surface area (Å²) in [5.74, 6) is -0.181. The van der Waals surface area contributed by atoms with E-state index in [1.807, 2.05) is 42.1 Å². The molecule has 3 rings (SSSR count). The van der Waals surface area contributed by atoms with Gasteiger partial charge in [-0.2, -0.15) is 5.10 Å². The molecule has 23 heavy (non-hydrogen) atoms. The van der Waals surface area contributed by atoms with Crippen LogP contribution in [-0.4, -0.2) is 16.3 Å². The molecule has 0 saturated heterocycles. The van der Waals surface area contributed by atoms with Gasteiger partial charge in [0.15, 0.2) is 0 Å². The van der Waals surface area contributed by atoms with Crippen molar-refractivity contribution in [1.29, 1.82) is 0 Å². The van der Waals surface area contributed by atoms with Crippen molar-refractivity contribution in [3.05, 3.63) is 77.9 Å². The third-order valence-corrected chi connectivity index (χ3v) is 3.80. The Hall–Kier alpha value is -2.46. The van der Waals surface area contributed by atoms with E-state index in [0.717, 1.165) is 17.7 Å². The van der Waals surface area contributed by atoms with Gasteiger partial charge in [-0.1, -0.05) is 49.4 Å². The lowest BCUT2D eigenvalue weighted by Crippen LogP contribution is -2.13. The third-order valence-electron chi connectivity index (χ3n) is 3.80. The summed E-state index contributed by atoms with van der Waals surface area (Å²) in [5, 5.41) is 7.61. The van der Waals surface area contributed by atoms with E-state index < -0.39 is 0 Å². The molecule has 3 nitrogen and oxygen atoms in total. The highest BCUT2D eigenvalue weighted by molar-refractivity contribution is 5.66. The van der Waals surface area contributed by atoms with E-state index in [1.54, 1.807) is 12.3 Å². The van der Waals surface area contributed by atoms with E-state index in [0.29, 0.717) is 18.7 Å². The molecule has 118 valence electrons. The lowest BCUT2D eigenvalue weighted by molar-refractivity contribution is 0.594. The molecule has 1 N–H and O–H groups in total. The maximum atomic E-state index is 14.1. The van der Waals surface area contributed by atoms with Crippen LogP contribution in [0.5, 0.6) is 0 Å². The van der Waals surface area contributed by atoms with E-state index in [4.69, 9.17) is 0 Å². The molecule has 3 aromatic rings. The van der Waals surface area contributed by atoms with E-state index in [-0.39, 0.29) is 5.82 Å². The Bertz CT molecular complexity index is 765. The van der Waals surface area contributed by atoms with Gasteiger partial charge < -0.3 is 5.32 Å². The van der Waals surface area contributed by atoms with Crippen molar-refractivity contribution in [2.24, 2.45) is 0 Å². The van der Waals surface area contributed by atoms with Gasteiger partial charge in [0, 0.05) is 23.9 Å². The fourth-order valence-electron chi connectivity index (χ4n) is 2.62. The Labute approximate surface area is 135 Å². The van der Waals surface area contributed by atoms with Crippen molar-refractivity contribution in [2.75, 3.05) is 6.54 Å². The monoisotopic (exact) mass is 309 g/mol. The second kappa shape index (κ2) is 7.20. The highest BCUT2D eigenvalue weighted by atomic mass is 19.1. The average Bonchev–Trinajstić information content (AvgIpc) is 3.03. The Balaban J connectivity index is 1.87. The van der Waals surface area contributed by atoms with Crippen molar-refractivity contribution in [3.63, 3.8) is 0 Å². The molecule has 0 bridgehead atoms. The van der Waals surface area contributed by atoms with Gasteiger partial charge in [0.1, 0.15) is 5.82 Å². The molecule has 2 aromatic carbocycles. The third kappa shape index (κ3) is 3.66. The standard InChI is InChI=1S/C19H20FN3/c1-2-21-12-18-17(9-6-10-19(18)20)16-11-22-23(14-16)13-15-7-4-3-5-8-15/h3-11,14,21H,2,12-13H2,1H3. The summed E-state index contributed by atoms with van der Waals surface area (Å²) in [5.41, 5.74) is 3.71. The molecule has 0 unspecified atom stereocenters. The van der Waals surface area contributed by atoms with Crippen molar-refractivity contribution < 1.29 is 4.39 Å². The van der Waals surface area contributed by atoms with Gasteiger partial charge in [-0.15, -0.1) is 0 Å². The van der Waals surface area contributed by atoms with E-state index >= 15 is 0 Å². The number of aromatic nitrogens is 2. The minimum absolute atomic E-state index is 0.181. The zero-order valence-electron chi connectivity index (χ0n) is 13.2. The van der Waals surface area contributed by atoms with Crippen molar-refractivity contribution in [2.45, 2.75) is 20.0 Å². The summed E-state index contributed by atoms with van der Waals surface area (Å²) in [4.78, 5) is 0. The number of rotatable bonds is 6. The van der Waals surface area contributed by atoms with Crippen LogP contribution in [0.1, 0.15) is 18.1 Å². The first-order valence-electron chi connectivity index (χ1n) is 7.82. The maximum Gasteiger partial charge on any atom is 0.128 e. The van der Waals surface area contributed by atoms with Gasteiger partial charge in [-0.3, -0.25) is 4.68 Å². The Morgan fingerprint density at radius 3 is 2.70 bits per heavy atom. The first kappa shape index (κ1) is 15.4. The summed E-state index contributed by atoms with van der Waals surface area (Å²) < 4.78 is 16.0. The second-order valence-electron chi connectivity index (χ2n) is 5.46. The fourth-order valence-corrected chi connectivity index (χ4v) is 2.62. The first-order valence-corrected chi connectivity index (χ1v) is 7.82. The molecule has 0 saturated carbocycles. The lowest BCUT2D eigenvalue weighted by atomic mass is 10.0. The zero-order valence-corrected chi connectivity index (χ0v) is 13.2. The van der Waals surface area contributed by atoms with Crippen molar-refractivity contribution >= 4 is 0 Å². The fraction of sp³-hybridized carbons (Fsp3) is 0.211. The van der Waals surface area contributed by atoms with Crippen LogP contribution in [-0.2, 0) is 13.1 Å². The summed E-state index contributed by atoms with van der Waals surface area (Å²) in [6.45, 7) is 4.04. The Morgan fingerprint density at radius 2 is 1.91 bits per heavy atom. The van der Waals surface area contributed by atoms with Crippen LogP contribution in [0.2, 0.25) is 0 Å². The average molecular weight is 309 g/mol. The molecule has 1 aromatic heterocycles. The van der Waals surface area contributed by atoms with Crippen LogP contribution < -0.4 is 5.32 Å². The molecule has 0 atom stereocenters. The number of nitrogens with one attached hydrogen (secondary N) is 1. The molecule has 1 heterocycles. The molecule has 4 heteroatoms. The molecule has 0 fully saturated rings. The predicted octanol–water partition coefficient (Wildman–Crippen LogP) is 3.85. The number of nitrogens with zero attached hydrogens (tertiary/aromatic N) is 2. The topological polar surface area (TPSA) is 29.9 Å². The van der Waals surface area contributed by atoms with Crippen LogP contribution in [0.15, 0.2) is 60.9 Å². The molecule has 0 aliphatic heterocycles. The predicted molar refractivity (Wildman–Crippen MR) is 90.5 cm³/mol. The van der Waals surface area contributed by atoms with Gasteiger partial charge in [0.2, 0.25) is 0 Å². The van der Waals surface area contributed by atoms with Crippen LogP contribution in [0, 0.1) is 5.82 Å². The number of benzene rings is 2. The number of hydrogen-bond acceptors (Lipinski definition) is 2. The maximum absolute atomic E-state index is 14.1. The van der Waals surface area contributed by atoms with Gasteiger partial charge in [-0.05, 0) is 23.7 Å². The lowest BCUT2D eigenvalue weighted by Gasteiger charge is -2.09. The van der Waals surface area contributed by atoms with Gasteiger partial charge >= 0.3 is 0 Å². The molecule has 0 aliphatic carbocycles. The van der Waals surface area contributed by atoms with Crippen LogP contribution in [0.25, 0.3) is 11.1 Å². The van der Waals surface area contributed by atoms with Crippen LogP contribution in [0.4, 0.5) is 4.39 Å². The smallest absolute Gasteiger partial charge is 0.128 e. The molecule has 0 aliphatic rings. The molecule has 0 radical (unpaired) electrons. The minimum Gasteiger partial charge on any atom is -0.313 e. The molecule has 0 spiro atoms. The van der Waals surface area contributed by atoms with Crippen molar-refractivity contribution in [1.82, 2.24) is 15.1 Å². The normalized spacial score (nSPS) is 10.9. The Morgan fingerprint density at radius 1 is 1.09 bits per heavy atom. The Kier molecular flexibility index (Phi) is 4.83. The SMILES string of the molecule is CCNCc1c(F)cccc1-c1cnn(Cc2ccccc2)c1. The number of halogens is 1. The van der Waals surface area contributed by atoms with E-state index in [1.165, 1.54) is 11.6 Å². The van der Waals surface area contributed by atoms with E-state index in [2.05, 4.69) is 22.5 Å². The van der Waals surface area contributed by atoms with Gasteiger partial charge in [0.25, 0.3) is 0 Å². The summed E-state index contributed by atoms with van der Waals surface area (Å²) in [6.07, 6.45) is 3.77. The van der Waals surface area contributed by atoms with Crippen molar-refractivity contribution in [3.8, 4) is 11.1 Å². The van der Waals surface area contributed by atoms with Gasteiger partial charge in [0.05, 0.1) is 12.7 Å². The number of hydrogen-bond donors (Lipinski definition) is 1. The quantitative estimate of drug-likeness (QED) is 0.749. The van der Waals surface area contributed by atoms with Crippen LogP contribution in [0.3, 0.4) is 0 Å². The second-order valence-corrected chi connectivity index (χ2v) is 5.46. The van der Waals surface area contributed by atoms with E-state index in [9.17, 15) is 4.39 Å². The van der Waals surface area contributed by atoms with Gasteiger partial charge in [-0.25, -0.2) is 4.39 Å².